The molecule has 0 spiro atoms. The summed E-state index contributed by atoms with van der Waals surface area (Å²) >= 11 is 0. The van der Waals surface area contributed by atoms with Gasteiger partial charge in [-0.05, 0) is 66.7 Å². The van der Waals surface area contributed by atoms with Crippen molar-refractivity contribution in [2.75, 3.05) is 6.61 Å². The van der Waals surface area contributed by atoms with Gasteiger partial charge in [-0.15, -0.1) is 11.7 Å². The van der Waals surface area contributed by atoms with Gasteiger partial charge in [0.2, 0.25) is 0 Å². The number of benzene rings is 1. The van der Waals surface area contributed by atoms with E-state index in [9.17, 15) is 19.7 Å². The second kappa shape index (κ2) is 9.52. The van der Waals surface area contributed by atoms with Crippen LogP contribution >= 0.6 is 0 Å². The zero-order valence-corrected chi connectivity index (χ0v) is 22.7. The number of rotatable bonds is 5. The number of aliphatic hydroxyl groups is 1. The number of ether oxygens (including phenoxy) is 2. The Morgan fingerprint density at radius 3 is 2.82 bits per heavy atom. The Bertz CT molecular complexity index is 1170. The molecule has 1 aromatic rings. The van der Waals surface area contributed by atoms with Gasteiger partial charge in [0.25, 0.3) is 0 Å². The molecule has 1 aromatic carbocycles. The van der Waals surface area contributed by atoms with Crippen molar-refractivity contribution < 1.29 is 33.9 Å². The molecule has 3 saturated carbocycles. The summed E-state index contributed by atoms with van der Waals surface area (Å²) in [5, 5.41) is 25.3. The van der Waals surface area contributed by atoms with Crippen molar-refractivity contribution in [3.05, 3.63) is 36.4 Å². The van der Waals surface area contributed by atoms with E-state index in [-0.39, 0.29) is 35.6 Å². The quantitative estimate of drug-likeness (QED) is 0.347. The highest BCUT2D eigenvalue weighted by Gasteiger charge is 2.68. The average molecular weight is 523 g/mol. The molecule has 38 heavy (non-hydrogen) atoms. The first-order valence-corrected chi connectivity index (χ1v) is 13.6. The maximum absolute atomic E-state index is 13.5. The molecule has 204 valence electrons. The second-order valence-corrected chi connectivity index (χ2v) is 12.3. The summed E-state index contributed by atoms with van der Waals surface area (Å²) in [6, 6.07) is 5.03. The predicted molar refractivity (Wildman–Crippen MR) is 143 cm³/mol. The molecule has 9 heteroatoms. The van der Waals surface area contributed by atoms with Crippen molar-refractivity contribution in [3.8, 4) is 5.75 Å². The number of nitrogens with zero attached hydrogens (tertiary/aromatic N) is 1. The summed E-state index contributed by atoms with van der Waals surface area (Å²) < 4.78 is 16.8. The number of esters is 1. The Labute approximate surface area is 224 Å². The van der Waals surface area contributed by atoms with Crippen LogP contribution in [0.15, 0.2) is 36.0 Å². The molecule has 8 atom stereocenters. The zero-order chi connectivity index (χ0) is 27.5. The number of ketones is 1. The SMILES string of the molecule is C=C[C@]1(C)C[C@@H](OC(=O)COc2ccc3c(c2)B(O)ON=C3)[C@]2(C)[C@H](C)CC[C@]3(CCC(=O)[C@H]32)[C@@H](C)[C@@H]1O. The lowest BCUT2D eigenvalue weighted by molar-refractivity contribution is -0.207. The number of Topliss-reactive ketones (excluding diaryl/α,β-unsaturated/α-hetero) is 1. The summed E-state index contributed by atoms with van der Waals surface area (Å²) in [5.74, 6) is -0.144. The minimum absolute atomic E-state index is 0.0813. The van der Waals surface area contributed by atoms with Crippen LogP contribution in [0, 0.1) is 34.0 Å². The van der Waals surface area contributed by atoms with Crippen LogP contribution in [0.4, 0.5) is 0 Å². The van der Waals surface area contributed by atoms with Gasteiger partial charge in [0.05, 0.1) is 12.3 Å². The van der Waals surface area contributed by atoms with E-state index < -0.39 is 36.1 Å². The fourth-order valence-electron chi connectivity index (χ4n) is 8.01. The lowest BCUT2D eigenvalue weighted by atomic mass is 9.44. The Morgan fingerprint density at radius 2 is 2.08 bits per heavy atom. The fraction of sp³-hybridized carbons (Fsp3) is 0.621. The van der Waals surface area contributed by atoms with E-state index in [1.165, 1.54) is 6.21 Å². The van der Waals surface area contributed by atoms with Gasteiger partial charge in [0, 0.05) is 28.6 Å². The first kappa shape index (κ1) is 26.9. The van der Waals surface area contributed by atoms with Crippen LogP contribution in [0.5, 0.6) is 5.75 Å². The number of oxime groups is 1. The van der Waals surface area contributed by atoms with Crippen LogP contribution < -0.4 is 10.2 Å². The number of hydrogen-bond donors (Lipinski definition) is 2. The number of hydrogen-bond acceptors (Lipinski definition) is 8. The van der Waals surface area contributed by atoms with E-state index in [2.05, 4.69) is 32.5 Å². The topological polar surface area (TPSA) is 115 Å². The molecular weight excluding hydrogens is 485 g/mol. The lowest BCUT2D eigenvalue weighted by Crippen LogP contribution is -2.63. The van der Waals surface area contributed by atoms with Crippen molar-refractivity contribution in [1.29, 1.82) is 0 Å². The largest absolute Gasteiger partial charge is 0.583 e. The van der Waals surface area contributed by atoms with Crippen molar-refractivity contribution >= 4 is 30.5 Å². The Kier molecular flexibility index (Phi) is 6.75. The predicted octanol–water partition coefficient (Wildman–Crippen LogP) is 3.02. The molecule has 8 nitrogen and oxygen atoms in total. The van der Waals surface area contributed by atoms with Gasteiger partial charge in [-0.1, -0.05) is 33.8 Å². The molecule has 5 rings (SSSR count). The third-order valence-electron chi connectivity index (χ3n) is 10.6. The van der Waals surface area contributed by atoms with Crippen molar-refractivity contribution in [3.63, 3.8) is 0 Å². The summed E-state index contributed by atoms with van der Waals surface area (Å²) in [5.41, 5.74) is -0.390. The zero-order valence-electron chi connectivity index (χ0n) is 22.7. The molecule has 1 heterocycles. The van der Waals surface area contributed by atoms with Gasteiger partial charge < -0.3 is 24.4 Å². The van der Waals surface area contributed by atoms with Crippen LogP contribution in [-0.2, 0) is 19.1 Å². The van der Waals surface area contributed by atoms with Gasteiger partial charge in [-0.2, -0.15) is 0 Å². The van der Waals surface area contributed by atoms with Crippen molar-refractivity contribution in [2.45, 2.75) is 72.0 Å². The molecule has 3 fully saturated rings. The van der Waals surface area contributed by atoms with Gasteiger partial charge >= 0.3 is 13.1 Å². The Balaban J connectivity index is 1.42. The molecule has 0 unspecified atom stereocenters. The molecule has 1 aliphatic heterocycles. The number of fused-ring (bicyclic) bond motifs is 1. The normalized spacial score (nSPS) is 39.8. The van der Waals surface area contributed by atoms with Crippen LogP contribution in [0.25, 0.3) is 0 Å². The van der Waals surface area contributed by atoms with E-state index in [1.807, 2.05) is 6.92 Å². The lowest BCUT2D eigenvalue weighted by Gasteiger charge is -2.61. The third-order valence-corrected chi connectivity index (χ3v) is 10.6. The van der Waals surface area contributed by atoms with E-state index in [4.69, 9.17) is 14.2 Å². The van der Waals surface area contributed by atoms with Crippen LogP contribution in [0.1, 0.15) is 65.4 Å². The maximum Gasteiger partial charge on any atom is 0.583 e. The summed E-state index contributed by atoms with van der Waals surface area (Å²) in [6.07, 6.45) is 5.39. The number of aliphatic hydroxyl groups excluding tert-OH is 1. The highest BCUT2D eigenvalue weighted by molar-refractivity contribution is 6.62. The standard InChI is InChI=1S/C29H38BNO7/c1-6-27(4)14-23(37-24(33)16-36-20-8-7-19-15-31-38-30(35)21(19)13-20)28(5)17(2)9-11-29(18(3)26(27)34)12-10-22(32)25(28)29/h6-8,13,15,17-18,23,25-26,34-35H,1,9-12,14,16H2,2-5H3/t17-,18+,23-,25+,26+,27-,28+,29+/m1/s1. The Morgan fingerprint density at radius 1 is 1.32 bits per heavy atom. The fourth-order valence-corrected chi connectivity index (χ4v) is 8.01. The van der Waals surface area contributed by atoms with E-state index in [1.54, 1.807) is 24.3 Å². The molecule has 4 aliphatic rings. The van der Waals surface area contributed by atoms with Gasteiger partial charge in [0.15, 0.2) is 6.61 Å². The smallest absolute Gasteiger partial charge is 0.482 e. The highest BCUT2D eigenvalue weighted by Crippen LogP contribution is 2.68. The van der Waals surface area contributed by atoms with Crippen LogP contribution in [0.2, 0.25) is 0 Å². The average Bonchev–Trinajstić information content (AvgIpc) is 3.26. The molecule has 3 aliphatic carbocycles. The Hall–Kier alpha value is -2.65. The molecule has 0 aromatic heterocycles. The van der Waals surface area contributed by atoms with Gasteiger partial charge in [-0.25, -0.2) is 4.79 Å². The summed E-state index contributed by atoms with van der Waals surface area (Å²) in [6.45, 7) is 12.0. The molecular formula is C29H38BNO7. The van der Waals surface area contributed by atoms with Crippen LogP contribution in [0.3, 0.4) is 0 Å². The van der Waals surface area contributed by atoms with Crippen molar-refractivity contribution in [2.24, 2.45) is 39.2 Å². The monoisotopic (exact) mass is 523 g/mol. The minimum Gasteiger partial charge on any atom is -0.482 e. The second-order valence-electron chi connectivity index (χ2n) is 12.3. The summed E-state index contributed by atoms with van der Waals surface area (Å²) in [4.78, 5) is 26.7. The first-order valence-electron chi connectivity index (χ1n) is 13.6. The van der Waals surface area contributed by atoms with E-state index in [0.29, 0.717) is 29.6 Å². The molecule has 2 N–H and O–H groups in total. The number of carbonyl (C=O) groups is 2. The van der Waals surface area contributed by atoms with Gasteiger partial charge in [0.1, 0.15) is 17.6 Å². The summed E-state index contributed by atoms with van der Waals surface area (Å²) in [7, 11) is -1.21. The minimum atomic E-state index is -1.21. The van der Waals surface area contributed by atoms with Crippen LogP contribution in [-0.4, -0.2) is 54.0 Å². The highest BCUT2D eigenvalue weighted by atomic mass is 16.6. The van der Waals surface area contributed by atoms with E-state index >= 15 is 0 Å². The molecule has 0 saturated heterocycles. The molecule has 0 radical (unpaired) electrons. The first-order chi connectivity index (χ1) is 18.0. The van der Waals surface area contributed by atoms with E-state index in [0.717, 1.165) is 19.3 Å². The number of carbonyl (C=O) groups excluding carboxylic acids is 2. The molecule has 2 bridgehead atoms. The van der Waals surface area contributed by atoms with Crippen molar-refractivity contribution in [1.82, 2.24) is 0 Å². The molecule has 0 amide bonds. The third kappa shape index (κ3) is 4.01. The maximum atomic E-state index is 13.5. The van der Waals surface area contributed by atoms with Gasteiger partial charge in [-0.3, -0.25) is 4.79 Å².